The van der Waals surface area contributed by atoms with E-state index in [0.717, 1.165) is 34.0 Å². The van der Waals surface area contributed by atoms with Gasteiger partial charge in [0.25, 0.3) is 0 Å². The van der Waals surface area contributed by atoms with Crippen molar-refractivity contribution >= 4 is 16.8 Å². The summed E-state index contributed by atoms with van der Waals surface area (Å²) in [4.78, 5) is 16.9. The van der Waals surface area contributed by atoms with Crippen LogP contribution in [-0.4, -0.2) is 24.3 Å². The first-order chi connectivity index (χ1) is 12.4. The van der Waals surface area contributed by atoms with Crippen LogP contribution in [-0.2, 0) is 6.42 Å². The largest absolute Gasteiger partial charge is 0.340 e. The zero-order chi connectivity index (χ0) is 16.6. The minimum Gasteiger partial charge on any atom is -0.340 e. The summed E-state index contributed by atoms with van der Waals surface area (Å²) in [5.41, 5.74) is 5.90. The van der Waals surface area contributed by atoms with Crippen molar-refractivity contribution in [2.75, 3.05) is 0 Å². The van der Waals surface area contributed by atoms with E-state index < -0.39 is 0 Å². The van der Waals surface area contributed by atoms with Gasteiger partial charge in [-0.1, -0.05) is 36.4 Å². The van der Waals surface area contributed by atoms with E-state index in [1.54, 1.807) is 6.20 Å². The molecule has 120 valence electrons. The Balaban J connectivity index is 1.56. The molecule has 5 heteroatoms. The Morgan fingerprint density at radius 1 is 0.880 bits per heavy atom. The highest BCUT2D eigenvalue weighted by atomic mass is 15.0. The van der Waals surface area contributed by atoms with E-state index in [0.29, 0.717) is 6.42 Å². The predicted molar refractivity (Wildman–Crippen MR) is 97.3 cm³/mol. The molecular formula is C20H15N5. The lowest BCUT2D eigenvalue weighted by atomic mass is 10.1. The van der Waals surface area contributed by atoms with Crippen LogP contribution in [0.15, 0.2) is 73.1 Å². The molecule has 4 heterocycles. The van der Waals surface area contributed by atoms with Crippen molar-refractivity contribution in [3.63, 3.8) is 0 Å². The van der Waals surface area contributed by atoms with E-state index in [2.05, 4.69) is 43.7 Å². The van der Waals surface area contributed by atoms with Gasteiger partial charge in [0.05, 0.1) is 16.9 Å². The third-order valence-electron chi connectivity index (χ3n) is 4.27. The highest BCUT2D eigenvalue weighted by molar-refractivity contribution is 5.70. The maximum atomic E-state index is 4.75. The maximum absolute atomic E-state index is 4.75. The molecule has 0 atom stereocenters. The number of imidazole rings is 2. The van der Waals surface area contributed by atoms with Gasteiger partial charge in [-0.2, -0.15) is 0 Å². The third kappa shape index (κ3) is 2.46. The molecule has 0 spiro atoms. The number of hydrogen-bond acceptors (Lipinski definition) is 3. The molecule has 0 aliphatic carbocycles. The molecule has 4 aromatic heterocycles. The van der Waals surface area contributed by atoms with Gasteiger partial charge in [0.15, 0.2) is 5.65 Å². The molecule has 0 bridgehead atoms. The Bertz CT molecular complexity index is 1140. The number of hydrogen-bond donors (Lipinski definition) is 1. The summed E-state index contributed by atoms with van der Waals surface area (Å²) in [6.07, 6.45) is 4.48. The van der Waals surface area contributed by atoms with Crippen LogP contribution in [0.1, 0.15) is 11.5 Å². The number of aromatic nitrogens is 5. The van der Waals surface area contributed by atoms with Crippen LogP contribution in [0.4, 0.5) is 0 Å². The summed E-state index contributed by atoms with van der Waals surface area (Å²) in [7, 11) is 0. The molecule has 5 aromatic rings. The van der Waals surface area contributed by atoms with Crippen molar-refractivity contribution in [3.8, 4) is 11.3 Å². The molecule has 0 unspecified atom stereocenters. The van der Waals surface area contributed by atoms with E-state index in [9.17, 15) is 0 Å². The number of aromatic amines is 1. The molecule has 0 amide bonds. The quantitative estimate of drug-likeness (QED) is 0.548. The number of nitrogens with one attached hydrogen (secondary N) is 1. The Labute approximate surface area is 144 Å². The summed E-state index contributed by atoms with van der Waals surface area (Å²) in [6.45, 7) is 0. The Morgan fingerprint density at radius 2 is 1.80 bits per heavy atom. The average Bonchev–Trinajstić information content (AvgIpc) is 3.25. The molecule has 5 nitrogen and oxygen atoms in total. The minimum atomic E-state index is 0.645. The van der Waals surface area contributed by atoms with Crippen molar-refractivity contribution in [3.05, 3.63) is 84.6 Å². The van der Waals surface area contributed by atoms with Crippen LogP contribution in [0.2, 0.25) is 0 Å². The van der Waals surface area contributed by atoms with Crippen LogP contribution >= 0.6 is 0 Å². The summed E-state index contributed by atoms with van der Waals surface area (Å²) >= 11 is 0. The number of H-pyrrole nitrogens is 1. The van der Waals surface area contributed by atoms with E-state index in [1.807, 2.05) is 42.5 Å². The molecule has 0 saturated heterocycles. The molecule has 0 aliphatic heterocycles. The smallest absolute Gasteiger partial charge is 0.177 e. The molecule has 0 fully saturated rings. The molecule has 1 N–H and O–H groups in total. The second-order valence-corrected chi connectivity index (χ2v) is 5.97. The van der Waals surface area contributed by atoms with Crippen molar-refractivity contribution in [1.82, 2.24) is 24.3 Å². The van der Waals surface area contributed by atoms with Crippen LogP contribution in [0.5, 0.6) is 0 Å². The van der Waals surface area contributed by atoms with Gasteiger partial charge in [-0.15, -0.1) is 0 Å². The van der Waals surface area contributed by atoms with Crippen molar-refractivity contribution in [1.29, 1.82) is 0 Å². The van der Waals surface area contributed by atoms with Crippen molar-refractivity contribution in [2.45, 2.75) is 6.42 Å². The topological polar surface area (TPSA) is 58.9 Å². The summed E-state index contributed by atoms with van der Waals surface area (Å²) in [6, 6.07) is 20.4. The summed E-state index contributed by atoms with van der Waals surface area (Å²) in [5, 5.41) is 0. The van der Waals surface area contributed by atoms with Crippen LogP contribution in [0.3, 0.4) is 0 Å². The standard InChI is InChI=1S/C20H15N5/c1-2-6-14(7-3-1)17-9-4-10-19-22-15(13-25(17)19)12-18-23-16-8-5-11-21-20(16)24-18/h1-11,13H,12H2,(H,21,23,24). The van der Waals surface area contributed by atoms with Gasteiger partial charge in [-0.05, 0) is 29.8 Å². The SMILES string of the molecule is c1ccc(-c2cccc3nc(Cc4nc5ncccc5[nH]4)cn23)cc1. The van der Waals surface area contributed by atoms with Gasteiger partial charge in [0, 0.05) is 18.8 Å². The number of pyridine rings is 2. The molecule has 5 rings (SSSR count). The average molecular weight is 325 g/mol. The fourth-order valence-electron chi connectivity index (χ4n) is 3.14. The Hall–Kier alpha value is -3.47. The van der Waals surface area contributed by atoms with Gasteiger partial charge in [-0.25, -0.2) is 15.0 Å². The predicted octanol–water partition coefficient (Wildman–Crippen LogP) is 3.86. The third-order valence-corrected chi connectivity index (χ3v) is 4.27. The fourth-order valence-corrected chi connectivity index (χ4v) is 3.14. The maximum Gasteiger partial charge on any atom is 0.177 e. The molecule has 0 saturated carbocycles. The first-order valence-corrected chi connectivity index (χ1v) is 8.19. The van der Waals surface area contributed by atoms with Gasteiger partial charge in [0.1, 0.15) is 11.5 Å². The Morgan fingerprint density at radius 3 is 2.68 bits per heavy atom. The first kappa shape index (κ1) is 13.9. The molecule has 0 aliphatic rings. The number of benzene rings is 1. The van der Waals surface area contributed by atoms with Gasteiger partial charge in [-0.3, -0.25) is 4.40 Å². The Kier molecular flexibility index (Phi) is 3.10. The van der Waals surface area contributed by atoms with E-state index >= 15 is 0 Å². The second kappa shape index (κ2) is 5.56. The summed E-state index contributed by atoms with van der Waals surface area (Å²) < 4.78 is 2.13. The lowest BCUT2D eigenvalue weighted by molar-refractivity contribution is 1.00. The summed E-state index contributed by atoms with van der Waals surface area (Å²) in [5.74, 6) is 0.873. The fraction of sp³-hybridized carbons (Fsp3) is 0.0500. The number of nitrogens with zero attached hydrogens (tertiary/aromatic N) is 4. The lowest BCUT2D eigenvalue weighted by Crippen LogP contribution is -1.91. The lowest BCUT2D eigenvalue weighted by Gasteiger charge is -2.04. The number of rotatable bonds is 3. The first-order valence-electron chi connectivity index (χ1n) is 8.19. The van der Waals surface area contributed by atoms with Crippen LogP contribution in [0.25, 0.3) is 28.1 Å². The monoisotopic (exact) mass is 325 g/mol. The molecule has 1 aromatic carbocycles. The highest BCUT2D eigenvalue weighted by Gasteiger charge is 2.10. The number of fused-ring (bicyclic) bond motifs is 2. The van der Waals surface area contributed by atoms with E-state index in [-0.39, 0.29) is 0 Å². The zero-order valence-corrected chi connectivity index (χ0v) is 13.4. The zero-order valence-electron chi connectivity index (χ0n) is 13.4. The van der Waals surface area contributed by atoms with Gasteiger partial charge in [0.2, 0.25) is 0 Å². The van der Waals surface area contributed by atoms with Gasteiger partial charge >= 0.3 is 0 Å². The second-order valence-electron chi connectivity index (χ2n) is 5.97. The van der Waals surface area contributed by atoms with Crippen molar-refractivity contribution < 1.29 is 0 Å². The van der Waals surface area contributed by atoms with Crippen LogP contribution < -0.4 is 0 Å². The highest BCUT2D eigenvalue weighted by Crippen LogP contribution is 2.21. The minimum absolute atomic E-state index is 0.645. The van der Waals surface area contributed by atoms with E-state index in [1.165, 1.54) is 5.56 Å². The van der Waals surface area contributed by atoms with Gasteiger partial charge < -0.3 is 4.98 Å². The van der Waals surface area contributed by atoms with Crippen molar-refractivity contribution in [2.24, 2.45) is 0 Å². The van der Waals surface area contributed by atoms with Crippen LogP contribution in [0, 0.1) is 0 Å². The molecule has 25 heavy (non-hydrogen) atoms. The molecular weight excluding hydrogens is 310 g/mol. The molecule has 0 radical (unpaired) electrons. The normalized spacial score (nSPS) is 11.4. The van der Waals surface area contributed by atoms with E-state index in [4.69, 9.17) is 4.98 Å².